The molecule has 3 aromatic rings. The molecule has 0 atom stereocenters. The predicted molar refractivity (Wildman–Crippen MR) is 154 cm³/mol. The van der Waals surface area contributed by atoms with Crippen LogP contribution >= 0.6 is 23.2 Å². The van der Waals surface area contributed by atoms with Crippen molar-refractivity contribution in [3.63, 3.8) is 0 Å². The second-order valence-corrected chi connectivity index (χ2v) is 9.38. The van der Waals surface area contributed by atoms with Crippen LogP contribution in [-0.2, 0) is 0 Å². The van der Waals surface area contributed by atoms with Crippen LogP contribution in [0.4, 0.5) is 5.69 Å². The topological polar surface area (TPSA) is 77.4 Å². The fourth-order valence-corrected chi connectivity index (χ4v) is 4.24. The van der Waals surface area contributed by atoms with Gasteiger partial charge in [-0.2, -0.15) is 5.10 Å². The lowest BCUT2D eigenvalue weighted by Gasteiger charge is -2.36. The summed E-state index contributed by atoms with van der Waals surface area (Å²) in [5.41, 5.74) is 5.83. The predicted octanol–water partition coefficient (Wildman–Crippen LogP) is 5.85. The van der Waals surface area contributed by atoms with Gasteiger partial charge in [0.25, 0.3) is 5.91 Å². The number of ether oxygens (including phenoxy) is 1. The van der Waals surface area contributed by atoms with Crippen molar-refractivity contribution < 1.29 is 16.1 Å². The van der Waals surface area contributed by atoms with E-state index in [4.69, 9.17) is 27.9 Å². The van der Waals surface area contributed by atoms with Gasteiger partial charge in [0, 0.05) is 50.4 Å². The van der Waals surface area contributed by atoms with E-state index in [-0.39, 0.29) is 19.6 Å². The van der Waals surface area contributed by atoms with Gasteiger partial charge in [0.15, 0.2) is 0 Å². The maximum atomic E-state index is 12.2. The third kappa shape index (κ3) is 7.86. The van der Waals surface area contributed by atoms with Crippen molar-refractivity contribution in [2.75, 3.05) is 44.2 Å². The zero-order valence-electron chi connectivity index (χ0n) is 20.0. The van der Waals surface area contributed by atoms with Crippen molar-refractivity contribution in [3.8, 4) is 11.5 Å². The van der Waals surface area contributed by atoms with Crippen LogP contribution in [0.1, 0.15) is 30.3 Å². The summed E-state index contributed by atoms with van der Waals surface area (Å²) in [6.07, 6.45) is 1.58. The molecule has 1 heterocycles. The molecule has 0 aromatic heterocycles. The van der Waals surface area contributed by atoms with Crippen LogP contribution in [0.2, 0.25) is 10.0 Å². The van der Waals surface area contributed by atoms with E-state index < -0.39 is 5.91 Å². The van der Waals surface area contributed by atoms with Gasteiger partial charge in [-0.1, -0.05) is 30.6 Å². The summed E-state index contributed by atoms with van der Waals surface area (Å²) in [7, 11) is 0. The van der Waals surface area contributed by atoms with Crippen LogP contribution in [0.5, 0.6) is 11.5 Å². The first kappa shape index (κ1) is 28.3. The molecule has 4 rings (SSSR count). The Balaban J connectivity index is 0.00000253. The van der Waals surface area contributed by atoms with Gasteiger partial charge in [-0.25, -0.2) is 5.43 Å². The van der Waals surface area contributed by atoms with Gasteiger partial charge in [-0.3, -0.25) is 9.69 Å². The Kier molecular flexibility index (Phi) is 10.2. The van der Waals surface area contributed by atoms with E-state index in [0.717, 1.165) is 54.6 Å². The molecule has 0 spiro atoms. The number of phenolic OH excluding ortho intramolecular Hbond substituents is 1. The lowest BCUT2D eigenvalue weighted by molar-refractivity contribution is 0.0955. The van der Waals surface area contributed by atoms with Gasteiger partial charge in [0.2, 0.25) is 0 Å². The number of nitrogens with zero attached hydrogens (tertiary/aromatic N) is 3. The van der Waals surface area contributed by atoms with Gasteiger partial charge in [-0.05, 0) is 78.7 Å². The first-order valence-electron chi connectivity index (χ1n) is 11.7. The Morgan fingerprint density at radius 3 is 2.49 bits per heavy atom. The Morgan fingerprint density at radius 1 is 1.08 bits per heavy atom. The number of nitrogens with one attached hydrogen (secondary N) is 1. The van der Waals surface area contributed by atoms with Gasteiger partial charge in [0.05, 0.1) is 11.2 Å². The Bertz CT molecular complexity index is 1230. The first-order valence-corrected chi connectivity index (χ1v) is 12.4. The lowest BCUT2D eigenvalue weighted by Crippen LogP contribution is -2.47. The van der Waals surface area contributed by atoms with Crippen molar-refractivity contribution in [2.24, 2.45) is 5.10 Å². The van der Waals surface area contributed by atoms with E-state index in [1.165, 1.54) is 23.9 Å². The number of piperazine rings is 1. The maximum absolute atomic E-state index is 12.2. The molecule has 37 heavy (non-hydrogen) atoms. The zero-order valence-corrected chi connectivity index (χ0v) is 21.5. The molecule has 0 radical (unpaired) electrons. The molecule has 0 unspecified atom stereocenters. The van der Waals surface area contributed by atoms with Crippen molar-refractivity contribution >= 4 is 41.0 Å². The molecule has 1 saturated heterocycles. The van der Waals surface area contributed by atoms with Crippen LogP contribution in [-0.4, -0.2) is 61.5 Å². The third-order valence-electron chi connectivity index (χ3n) is 6.06. The number of amides is 1. The van der Waals surface area contributed by atoms with Crippen molar-refractivity contribution in [1.82, 2.24) is 10.3 Å². The SMILES string of the molecule is C.Cc1cc(OCCN2CCN(c3ccc(Cl)cc3)CC2)ccc1/C=N/NC(=O)c1ccc(O)c(Cl)c1.[HH]. The number of aromatic hydroxyl groups is 1. The Labute approximate surface area is 229 Å². The molecule has 1 aliphatic heterocycles. The zero-order chi connectivity index (χ0) is 25.5. The van der Waals surface area contributed by atoms with Gasteiger partial charge < -0.3 is 14.7 Å². The molecule has 2 N–H and O–H groups in total. The summed E-state index contributed by atoms with van der Waals surface area (Å²) in [5, 5.41) is 14.4. The molecular weight excluding hydrogens is 511 g/mol. The highest BCUT2D eigenvalue weighted by atomic mass is 35.5. The number of anilines is 1. The fraction of sp³-hybridized carbons (Fsp3) is 0.286. The number of phenols is 1. The number of hydrazone groups is 1. The second-order valence-electron chi connectivity index (χ2n) is 8.54. The highest BCUT2D eigenvalue weighted by Crippen LogP contribution is 2.23. The van der Waals surface area contributed by atoms with Crippen LogP contribution in [0.25, 0.3) is 0 Å². The van der Waals surface area contributed by atoms with Crippen molar-refractivity contribution in [1.29, 1.82) is 0 Å². The van der Waals surface area contributed by atoms with E-state index in [1.807, 2.05) is 37.3 Å². The monoisotopic (exact) mass is 544 g/mol. The summed E-state index contributed by atoms with van der Waals surface area (Å²) in [6.45, 7) is 7.37. The molecule has 1 fully saturated rings. The molecule has 1 aliphatic rings. The number of carbonyl (C=O) groups excluding carboxylic acids is 1. The minimum absolute atomic E-state index is 0. The lowest BCUT2D eigenvalue weighted by atomic mass is 10.1. The van der Waals surface area contributed by atoms with Gasteiger partial charge in [0.1, 0.15) is 18.1 Å². The summed E-state index contributed by atoms with van der Waals surface area (Å²) in [4.78, 5) is 17.0. The molecule has 198 valence electrons. The molecule has 9 heteroatoms. The first-order chi connectivity index (χ1) is 17.4. The van der Waals surface area contributed by atoms with E-state index in [2.05, 4.69) is 32.5 Å². The van der Waals surface area contributed by atoms with Crippen LogP contribution in [0, 0.1) is 6.92 Å². The number of halogens is 2. The number of hydrogen-bond acceptors (Lipinski definition) is 6. The number of benzene rings is 3. The molecular formula is C28H34Cl2N4O3. The van der Waals surface area contributed by atoms with E-state index >= 15 is 0 Å². The highest BCUT2D eigenvalue weighted by molar-refractivity contribution is 6.32. The molecule has 0 bridgehead atoms. The van der Waals surface area contributed by atoms with Gasteiger partial charge in [-0.15, -0.1) is 0 Å². The van der Waals surface area contributed by atoms with Gasteiger partial charge >= 0.3 is 0 Å². The van der Waals surface area contributed by atoms with Crippen LogP contribution in [0.3, 0.4) is 0 Å². The Hall–Kier alpha value is -3.26. The summed E-state index contributed by atoms with van der Waals surface area (Å²) in [5.74, 6) is 0.304. The van der Waals surface area contributed by atoms with E-state index in [1.54, 1.807) is 6.21 Å². The van der Waals surface area contributed by atoms with Crippen LogP contribution in [0.15, 0.2) is 65.8 Å². The molecule has 3 aromatic carbocycles. The minimum Gasteiger partial charge on any atom is -0.506 e. The number of rotatable bonds is 8. The third-order valence-corrected chi connectivity index (χ3v) is 6.62. The second kappa shape index (κ2) is 13.3. The van der Waals surface area contributed by atoms with Crippen molar-refractivity contribution in [3.05, 3.63) is 87.4 Å². The van der Waals surface area contributed by atoms with E-state index in [9.17, 15) is 9.90 Å². The Morgan fingerprint density at radius 2 is 1.81 bits per heavy atom. The minimum atomic E-state index is -0.417. The fourth-order valence-electron chi connectivity index (χ4n) is 3.93. The quantitative estimate of drug-likeness (QED) is 0.274. The van der Waals surface area contributed by atoms with Crippen molar-refractivity contribution in [2.45, 2.75) is 14.4 Å². The summed E-state index contributed by atoms with van der Waals surface area (Å²) >= 11 is 11.8. The average molecular weight is 546 g/mol. The average Bonchev–Trinajstić information content (AvgIpc) is 2.88. The molecule has 7 nitrogen and oxygen atoms in total. The normalized spacial score (nSPS) is 13.9. The smallest absolute Gasteiger partial charge is 0.271 e. The number of carbonyl (C=O) groups is 1. The summed E-state index contributed by atoms with van der Waals surface area (Å²) < 4.78 is 5.97. The maximum Gasteiger partial charge on any atom is 0.271 e. The van der Waals surface area contributed by atoms with Crippen LogP contribution < -0.4 is 15.1 Å². The largest absolute Gasteiger partial charge is 0.506 e. The molecule has 0 saturated carbocycles. The number of aryl methyl sites for hydroxylation is 1. The standard InChI is InChI=1S/C27H28Cl2N4O3.CH4.H2/c1-19-16-24(8-2-21(19)18-30-31-27(35)20-3-9-26(34)25(29)17-20)36-15-14-32-10-12-33(13-11-32)23-6-4-22(28)5-7-23;;/h2-9,16-18,34H,10-15H2,1H3,(H,31,35);1H4;1H/b30-18+;;. The molecule has 1 amide bonds. The molecule has 0 aliphatic carbocycles. The number of hydrogen-bond donors (Lipinski definition) is 2. The highest BCUT2D eigenvalue weighted by Gasteiger charge is 2.17. The van der Waals surface area contributed by atoms with E-state index in [0.29, 0.717) is 12.2 Å². The summed E-state index contributed by atoms with van der Waals surface area (Å²) in [6, 6.07) is 18.0.